The molecule has 1 N–H and O–H groups in total. The van der Waals surface area contributed by atoms with Crippen LogP contribution in [0.4, 0.5) is 0 Å². The first kappa shape index (κ1) is 20.9. The van der Waals surface area contributed by atoms with Gasteiger partial charge in [-0.3, -0.25) is 0 Å². The van der Waals surface area contributed by atoms with E-state index >= 15 is 0 Å². The third kappa shape index (κ3) is 4.54. The Morgan fingerprint density at radius 1 is 1.13 bits per heavy atom. The molecule has 7 heteroatoms. The molecule has 1 heterocycles. The number of aromatic nitrogens is 1. The molecule has 158 valence electrons. The van der Waals surface area contributed by atoms with Crippen molar-refractivity contribution in [2.24, 2.45) is 0 Å². The number of benzene rings is 2. The summed E-state index contributed by atoms with van der Waals surface area (Å²) in [4.78, 5) is 16.6. The molecule has 31 heavy (non-hydrogen) atoms. The van der Waals surface area contributed by atoms with Crippen LogP contribution in [0.3, 0.4) is 0 Å². The number of carboxylic acids is 1. The minimum Gasteiger partial charge on any atom is -0.497 e. The Morgan fingerprint density at radius 3 is 2.48 bits per heavy atom. The molecule has 4 rings (SSSR count). The van der Waals surface area contributed by atoms with Crippen molar-refractivity contribution in [3.8, 4) is 39.4 Å². The van der Waals surface area contributed by atoms with Crippen LogP contribution in [-0.4, -0.2) is 29.3 Å². The summed E-state index contributed by atoms with van der Waals surface area (Å²) in [6.07, 6.45) is 5.69. The van der Waals surface area contributed by atoms with Crippen molar-refractivity contribution in [1.29, 1.82) is 5.26 Å². The predicted molar refractivity (Wildman–Crippen MR) is 119 cm³/mol. The van der Waals surface area contributed by atoms with Gasteiger partial charge in [0.25, 0.3) is 0 Å². The summed E-state index contributed by atoms with van der Waals surface area (Å²) in [5.74, 6) is 0.221. The zero-order valence-electron chi connectivity index (χ0n) is 17.1. The summed E-state index contributed by atoms with van der Waals surface area (Å²) in [5.41, 5.74) is 2.22. The predicted octanol–water partition coefficient (Wildman–Crippen LogP) is 5.77. The normalized spacial score (nSPS) is 14.1. The van der Waals surface area contributed by atoms with Gasteiger partial charge >= 0.3 is 5.97 Å². The second-order valence-electron chi connectivity index (χ2n) is 7.43. The quantitative estimate of drug-likeness (QED) is 0.530. The summed E-state index contributed by atoms with van der Waals surface area (Å²) in [6.45, 7) is 0. The van der Waals surface area contributed by atoms with E-state index in [2.05, 4.69) is 11.1 Å². The summed E-state index contributed by atoms with van der Waals surface area (Å²) >= 11 is 1.09. The average Bonchev–Trinajstić information content (AvgIpc) is 3.26. The van der Waals surface area contributed by atoms with Crippen molar-refractivity contribution in [3.05, 3.63) is 52.9 Å². The van der Waals surface area contributed by atoms with Crippen LogP contribution in [0.5, 0.6) is 11.5 Å². The molecule has 0 radical (unpaired) electrons. The molecule has 2 aromatic carbocycles. The summed E-state index contributed by atoms with van der Waals surface area (Å²) in [7, 11) is 1.58. The van der Waals surface area contributed by atoms with Crippen molar-refractivity contribution < 1.29 is 19.4 Å². The van der Waals surface area contributed by atoms with E-state index in [1.807, 2.05) is 6.07 Å². The van der Waals surface area contributed by atoms with E-state index in [1.165, 1.54) is 6.42 Å². The standard InChI is InChI=1S/C24H22N2O4S/c1-29-18-10-7-15(8-11-18)21-22(24(27)28)31-23(26-21)16-9-12-20(17(13-16)14-25)30-19-5-3-2-4-6-19/h7-13,19H,2-6H2,1H3,(H,27,28). The van der Waals surface area contributed by atoms with Crippen LogP contribution >= 0.6 is 11.3 Å². The number of hydrogen-bond donors (Lipinski definition) is 1. The average molecular weight is 435 g/mol. The zero-order valence-corrected chi connectivity index (χ0v) is 17.9. The van der Waals surface area contributed by atoms with E-state index in [1.54, 1.807) is 43.5 Å². The van der Waals surface area contributed by atoms with Gasteiger partial charge in [0.15, 0.2) is 0 Å². The lowest BCUT2D eigenvalue weighted by Crippen LogP contribution is -2.20. The lowest BCUT2D eigenvalue weighted by Gasteiger charge is -2.23. The lowest BCUT2D eigenvalue weighted by atomic mass is 9.97. The van der Waals surface area contributed by atoms with E-state index in [9.17, 15) is 15.2 Å². The molecule has 0 amide bonds. The van der Waals surface area contributed by atoms with Gasteiger partial charge in [0.05, 0.1) is 24.5 Å². The third-order valence-electron chi connectivity index (χ3n) is 5.38. The van der Waals surface area contributed by atoms with Crippen LogP contribution in [0, 0.1) is 11.3 Å². The number of carboxylic acid groups (broad SMARTS) is 1. The van der Waals surface area contributed by atoms with E-state index in [4.69, 9.17) is 9.47 Å². The first-order valence-electron chi connectivity index (χ1n) is 10.2. The Kier molecular flexibility index (Phi) is 6.19. The highest BCUT2D eigenvalue weighted by Crippen LogP contribution is 2.36. The van der Waals surface area contributed by atoms with Crippen LogP contribution in [0.25, 0.3) is 21.8 Å². The Bertz CT molecular complexity index is 1130. The van der Waals surface area contributed by atoms with Gasteiger partial charge in [-0.1, -0.05) is 6.42 Å². The van der Waals surface area contributed by atoms with Crippen molar-refractivity contribution in [2.45, 2.75) is 38.2 Å². The van der Waals surface area contributed by atoms with Gasteiger partial charge in [-0.25, -0.2) is 9.78 Å². The molecule has 0 atom stereocenters. The minimum absolute atomic E-state index is 0.145. The highest BCUT2D eigenvalue weighted by Gasteiger charge is 2.21. The second kappa shape index (κ2) is 9.19. The first-order chi connectivity index (χ1) is 15.1. The molecular weight excluding hydrogens is 412 g/mol. The van der Waals surface area contributed by atoms with Crippen LogP contribution in [0.2, 0.25) is 0 Å². The van der Waals surface area contributed by atoms with E-state index in [0.717, 1.165) is 37.0 Å². The summed E-state index contributed by atoms with van der Waals surface area (Å²) in [5, 5.41) is 19.9. The number of hydrogen-bond acceptors (Lipinski definition) is 6. The molecule has 0 spiro atoms. The van der Waals surface area contributed by atoms with Crippen molar-refractivity contribution in [2.75, 3.05) is 7.11 Å². The molecule has 0 bridgehead atoms. The van der Waals surface area contributed by atoms with Crippen LogP contribution in [0.15, 0.2) is 42.5 Å². The molecule has 1 aliphatic carbocycles. The van der Waals surface area contributed by atoms with Crippen molar-refractivity contribution in [1.82, 2.24) is 4.98 Å². The first-order valence-corrected chi connectivity index (χ1v) is 11.0. The topological polar surface area (TPSA) is 92.4 Å². The fraction of sp³-hybridized carbons (Fsp3) is 0.292. The van der Waals surface area contributed by atoms with Gasteiger partial charge in [-0.05, 0) is 68.1 Å². The Morgan fingerprint density at radius 2 is 1.84 bits per heavy atom. The van der Waals surface area contributed by atoms with E-state index in [0.29, 0.717) is 38.9 Å². The number of thiazole rings is 1. The van der Waals surface area contributed by atoms with Crippen LogP contribution in [0.1, 0.15) is 47.3 Å². The SMILES string of the molecule is COc1ccc(-c2nc(-c3ccc(OC4CCCCC4)c(C#N)c3)sc2C(=O)O)cc1. The maximum atomic E-state index is 11.8. The largest absolute Gasteiger partial charge is 0.497 e. The van der Waals surface area contributed by atoms with Gasteiger partial charge in [-0.2, -0.15) is 5.26 Å². The van der Waals surface area contributed by atoms with Gasteiger partial charge in [0, 0.05) is 11.1 Å². The van der Waals surface area contributed by atoms with Crippen LogP contribution < -0.4 is 9.47 Å². The molecule has 1 aromatic heterocycles. The molecule has 1 aliphatic rings. The minimum atomic E-state index is -1.03. The van der Waals surface area contributed by atoms with E-state index < -0.39 is 5.97 Å². The van der Waals surface area contributed by atoms with Crippen LogP contribution in [-0.2, 0) is 0 Å². The summed E-state index contributed by atoms with van der Waals surface area (Å²) < 4.78 is 11.3. The highest BCUT2D eigenvalue weighted by molar-refractivity contribution is 7.17. The fourth-order valence-electron chi connectivity index (χ4n) is 3.75. The molecule has 0 unspecified atom stereocenters. The maximum absolute atomic E-state index is 11.8. The number of nitriles is 1. The molecule has 1 fully saturated rings. The van der Waals surface area contributed by atoms with Gasteiger partial charge < -0.3 is 14.6 Å². The zero-order chi connectivity index (χ0) is 21.8. The van der Waals surface area contributed by atoms with E-state index in [-0.39, 0.29) is 11.0 Å². The number of methoxy groups -OCH3 is 1. The molecule has 1 saturated carbocycles. The molecular formula is C24H22N2O4S. The smallest absolute Gasteiger partial charge is 0.348 e. The summed E-state index contributed by atoms with van der Waals surface area (Å²) in [6, 6.07) is 14.7. The number of nitrogens with zero attached hydrogens (tertiary/aromatic N) is 2. The second-order valence-corrected chi connectivity index (χ2v) is 8.43. The number of carbonyl (C=O) groups is 1. The number of ether oxygens (including phenoxy) is 2. The fourth-order valence-corrected chi connectivity index (χ4v) is 4.67. The number of rotatable bonds is 6. The Labute approximate surface area is 184 Å². The van der Waals surface area contributed by atoms with Gasteiger partial charge in [-0.15, -0.1) is 11.3 Å². The third-order valence-corrected chi connectivity index (χ3v) is 6.47. The molecule has 3 aromatic rings. The Balaban J connectivity index is 1.67. The van der Waals surface area contributed by atoms with Crippen molar-refractivity contribution in [3.63, 3.8) is 0 Å². The monoisotopic (exact) mass is 434 g/mol. The molecule has 6 nitrogen and oxygen atoms in total. The van der Waals surface area contributed by atoms with Gasteiger partial charge in [0.1, 0.15) is 27.5 Å². The molecule has 0 saturated heterocycles. The van der Waals surface area contributed by atoms with Crippen molar-refractivity contribution >= 4 is 17.3 Å². The highest BCUT2D eigenvalue weighted by atomic mass is 32.1. The lowest BCUT2D eigenvalue weighted by molar-refractivity contribution is 0.0702. The Hall–Kier alpha value is -3.37. The number of aromatic carboxylic acids is 1. The maximum Gasteiger partial charge on any atom is 0.348 e. The van der Waals surface area contributed by atoms with Gasteiger partial charge in [0.2, 0.25) is 0 Å². The molecule has 0 aliphatic heterocycles.